The van der Waals surface area contributed by atoms with Crippen LogP contribution in [0, 0.1) is 5.92 Å². The predicted molar refractivity (Wildman–Crippen MR) is 84.1 cm³/mol. The van der Waals surface area contributed by atoms with Crippen molar-refractivity contribution in [3.05, 3.63) is 23.8 Å². The molecule has 1 atom stereocenters. The van der Waals surface area contributed by atoms with Crippen molar-refractivity contribution in [3.63, 3.8) is 0 Å². The average Bonchev–Trinajstić information content (AvgIpc) is 2.58. The first kappa shape index (κ1) is 15.5. The normalized spacial score (nSPS) is 15.9. The third-order valence-corrected chi connectivity index (χ3v) is 3.56. The first-order valence-electron chi connectivity index (χ1n) is 7.45. The molecule has 0 fully saturated rings. The second-order valence-electron chi connectivity index (χ2n) is 6.00. The van der Waals surface area contributed by atoms with Crippen LogP contribution in [0.15, 0.2) is 18.2 Å². The lowest BCUT2D eigenvalue weighted by Gasteiger charge is -2.15. The summed E-state index contributed by atoms with van der Waals surface area (Å²) in [5.41, 5.74) is 8.50. The zero-order valence-corrected chi connectivity index (χ0v) is 12.6. The van der Waals surface area contributed by atoms with Gasteiger partial charge in [0.15, 0.2) is 0 Å². The van der Waals surface area contributed by atoms with E-state index in [1.807, 2.05) is 26.0 Å². The molecule has 5 heteroatoms. The number of hydrogen-bond acceptors (Lipinski definition) is 3. The van der Waals surface area contributed by atoms with Gasteiger partial charge in [-0.05, 0) is 48.9 Å². The third-order valence-electron chi connectivity index (χ3n) is 3.56. The first-order valence-corrected chi connectivity index (χ1v) is 7.45. The van der Waals surface area contributed by atoms with Crippen molar-refractivity contribution in [1.82, 2.24) is 0 Å². The number of nitrogens with two attached hydrogens (primary N) is 1. The van der Waals surface area contributed by atoms with Crippen molar-refractivity contribution in [3.8, 4) is 0 Å². The van der Waals surface area contributed by atoms with E-state index in [2.05, 4.69) is 10.6 Å². The zero-order chi connectivity index (χ0) is 15.4. The summed E-state index contributed by atoms with van der Waals surface area (Å²) in [5.74, 6) is 0.263. The lowest BCUT2D eigenvalue weighted by atomic mass is 10.0. The number of amides is 2. The van der Waals surface area contributed by atoms with Crippen LogP contribution in [0.1, 0.15) is 38.7 Å². The number of nitrogens with one attached hydrogen (secondary N) is 2. The van der Waals surface area contributed by atoms with E-state index < -0.39 is 6.04 Å². The van der Waals surface area contributed by atoms with Crippen LogP contribution in [-0.2, 0) is 16.0 Å². The van der Waals surface area contributed by atoms with Gasteiger partial charge in [-0.1, -0.05) is 13.8 Å². The summed E-state index contributed by atoms with van der Waals surface area (Å²) in [6.07, 6.45) is 2.85. The molecule has 0 aromatic heterocycles. The van der Waals surface area contributed by atoms with Gasteiger partial charge in [0.1, 0.15) is 0 Å². The summed E-state index contributed by atoms with van der Waals surface area (Å²) >= 11 is 0. The Morgan fingerprint density at radius 2 is 2.14 bits per heavy atom. The zero-order valence-electron chi connectivity index (χ0n) is 12.6. The first-order chi connectivity index (χ1) is 9.95. The number of anilines is 2. The highest BCUT2D eigenvalue weighted by Crippen LogP contribution is 2.25. The maximum Gasteiger partial charge on any atom is 0.241 e. The van der Waals surface area contributed by atoms with Crippen molar-refractivity contribution in [2.45, 2.75) is 45.6 Å². The number of rotatable bonds is 4. The van der Waals surface area contributed by atoms with Crippen LogP contribution < -0.4 is 16.4 Å². The van der Waals surface area contributed by atoms with Crippen molar-refractivity contribution in [2.24, 2.45) is 11.7 Å². The molecule has 4 N–H and O–H groups in total. The Labute approximate surface area is 125 Å². The Morgan fingerprint density at radius 1 is 1.38 bits per heavy atom. The number of hydrogen-bond donors (Lipinski definition) is 3. The Morgan fingerprint density at radius 3 is 2.86 bits per heavy atom. The molecule has 2 amide bonds. The fourth-order valence-corrected chi connectivity index (χ4v) is 2.50. The largest absolute Gasteiger partial charge is 0.326 e. The lowest BCUT2D eigenvalue weighted by Crippen LogP contribution is -2.36. The van der Waals surface area contributed by atoms with Crippen LogP contribution >= 0.6 is 0 Å². The molecule has 0 saturated heterocycles. The van der Waals surface area contributed by atoms with Gasteiger partial charge in [-0.25, -0.2) is 0 Å². The molecular weight excluding hydrogens is 266 g/mol. The molecular formula is C16H23N3O2. The standard InChI is InChI=1S/C16H23N3O2/c1-10(2)8-13(17)16(21)18-12-6-7-14-11(9-12)4-3-5-15(20)19-14/h6-7,9-10,13H,3-5,8,17H2,1-2H3,(H,18,21)(H,19,20)/t13-/m0/s1. The lowest BCUT2D eigenvalue weighted by molar-refractivity contribution is -0.118. The van der Waals surface area contributed by atoms with Crippen LogP contribution in [0.4, 0.5) is 11.4 Å². The van der Waals surface area contributed by atoms with Crippen LogP contribution in [0.25, 0.3) is 0 Å². The molecule has 1 aliphatic rings. The number of carbonyl (C=O) groups is 2. The van der Waals surface area contributed by atoms with Crippen molar-refractivity contribution >= 4 is 23.2 Å². The maximum absolute atomic E-state index is 12.0. The van der Waals surface area contributed by atoms with Crippen molar-refractivity contribution < 1.29 is 9.59 Å². The van der Waals surface area contributed by atoms with E-state index in [1.54, 1.807) is 6.07 Å². The van der Waals surface area contributed by atoms with Gasteiger partial charge < -0.3 is 16.4 Å². The minimum atomic E-state index is -0.497. The minimum absolute atomic E-state index is 0.0458. The highest BCUT2D eigenvalue weighted by atomic mass is 16.2. The highest BCUT2D eigenvalue weighted by Gasteiger charge is 2.17. The molecule has 0 aliphatic carbocycles. The monoisotopic (exact) mass is 289 g/mol. The van der Waals surface area contributed by atoms with Gasteiger partial charge in [-0.15, -0.1) is 0 Å². The Balaban J connectivity index is 2.06. The Hall–Kier alpha value is -1.88. The highest BCUT2D eigenvalue weighted by molar-refractivity contribution is 5.96. The molecule has 0 saturated carbocycles. The molecule has 0 unspecified atom stereocenters. The van der Waals surface area contributed by atoms with Crippen molar-refractivity contribution in [1.29, 1.82) is 0 Å². The van der Waals surface area contributed by atoms with Crippen LogP contribution in [0.2, 0.25) is 0 Å². The van der Waals surface area contributed by atoms with Gasteiger partial charge >= 0.3 is 0 Å². The summed E-state index contributed by atoms with van der Waals surface area (Å²) < 4.78 is 0. The molecule has 21 heavy (non-hydrogen) atoms. The van der Waals surface area contributed by atoms with E-state index >= 15 is 0 Å². The van der Waals surface area contributed by atoms with Crippen LogP contribution in [-0.4, -0.2) is 17.9 Å². The second kappa shape index (κ2) is 6.72. The molecule has 0 spiro atoms. The van der Waals surface area contributed by atoms with E-state index in [0.717, 1.165) is 29.8 Å². The van der Waals surface area contributed by atoms with E-state index in [1.165, 1.54) is 0 Å². The minimum Gasteiger partial charge on any atom is -0.326 e. The molecule has 1 aliphatic heterocycles. The van der Waals surface area contributed by atoms with E-state index in [9.17, 15) is 9.59 Å². The SMILES string of the molecule is CC(C)C[C@H](N)C(=O)Nc1ccc2c(c1)CCCC(=O)N2. The number of aryl methyl sites for hydroxylation is 1. The molecule has 1 aromatic carbocycles. The number of carbonyl (C=O) groups excluding carboxylic acids is 2. The summed E-state index contributed by atoms with van der Waals surface area (Å²) in [5, 5.41) is 5.73. The summed E-state index contributed by atoms with van der Waals surface area (Å²) in [6.45, 7) is 4.08. The molecule has 0 bridgehead atoms. The molecule has 0 radical (unpaired) electrons. The smallest absolute Gasteiger partial charge is 0.241 e. The van der Waals surface area contributed by atoms with Gasteiger partial charge in [0, 0.05) is 17.8 Å². The fraction of sp³-hybridized carbons (Fsp3) is 0.500. The topological polar surface area (TPSA) is 84.2 Å². The summed E-state index contributed by atoms with van der Waals surface area (Å²) in [4.78, 5) is 23.5. The van der Waals surface area contributed by atoms with Gasteiger partial charge in [-0.3, -0.25) is 9.59 Å². The molecule has 1 aromatic rings. The average molecular weight is 289 g/mol. The predicted octanol–water partition coefficient (Wildman–Crippen LogP) is 2.27. The quantitative estimate of drug-likeness (QED) is 0.795. The molecule has 2 rings (SSSR count). The van der Waals surface area contributed by atoms with E-state index in [4.69, 9.17) is 5.73 Å². The second-order valence-corrected chi connectivity index (χ2v) is 6.00. The van der Waals surface area contributed by atoms with Gasteiger partial charge in [-0.2, -0.15) is 0 Å². The number of fused-ring (bicyclic) bond motifs is 1. The van der Waals surface area contributed by atoms with E-state index in [0.29, 0.717) is 18.8 Å². The summed E-state index contributed by atoms with van der Waals surface area (Å²) in [6, 6.07) is 5.05. The molecule has 5 nitrogen and oxygen atoms in total. The van der Waals surface area contributed by atoms with E-state index in [-0.39, 0.29) is 11.8 Å². The Kier molecular flexibility index (Phi) is 4.96. The molecule has 1 heterocycles. The summed E-state index contributed by atoms with van der Waals surface area (Å²) in [7, 11) is 0. The van der Waals surface area contributed by atoms with Gasteiger partial charge in [0.05, 0.1) is 6.04 Å². The fourth-order valence-electron chi connectivity index (χ4n) is 2.50. The van der Waals surface area contributed by atoms with Crippen LogP contribution in [0.3, 0.4) is 0 Å². The van der Waals surface area contributed by atoms with Gasteiger partial charge in [0.25, 0.3) is 0 Å². The van der Waals surface area contributed by atoms with Crippen LogP contribution in [0.5, 0.6) is 0 Å². The number of benzene rings is 1. The molecule has 114 valence electrons. The van der Waals surface area contributed by atoms with Crippen molar-refractivity contribution in [2.75, 3.05) is 10.6 Å². The Bertz CT molecular complexity index is 540. The third kappa shape index (κ3) is 4.29. The maximum atomic E-state index is 12.0. The van der Waals surface area contributed by atoms with Gasteiger partial charge in [0.2, 0.25) is 11.8 Å².